The quantitative estimate of drug-likeness (QED) is 0.686. The normalized spacial score (nSPS) is 12.1. The van der Waals surface area contributed by atoms with Crippen LogP contribution in [0.5, 0.6) is 0 Å². The largest absolute Gasteiger partial charge is 0.368 e. The van der Waals surface area contributed by atoms with Gasteiger partial charge < -0.3 is 15.6 Å². The molecule has 0 spiro atoms. The van der Waals surface area contributed by atoms with Crippen molar-refractivity contribution in [1.29, 1.82) is 0 Å². The van der Waals surface area contributed by atoms with E-state index < -0.39 is 0 Å². The first-order valence-electron chi connectivity index (χ1n) is 6.96. The van der Waals surface area contributed by atoms with Crippen molar-refractivity contribution in [3.8, 4) is 0 Å². The summed E-state index contributed by atoms with van der Waals surface area (Å²) in [4.78, 5) is 12.8. The average molecular weight is 328 g/mol. The van der Waals surface area contributed by atoms with Crippen LogP contribution in [0, 0.1) is 0 Å². The third-order valence-corrected chi connectivity index (χ3v) is 4.16. The maximum absolute atomic E-state index is 5.81. The molecule has 0 saturated heterocycles. The van der Waals surface area contributed by atoms with Gasteiger partial charge in [0.2, 0.25) is 11.9 Å². The van der Waals surface area contributed by atoms with E-state index in [2.05, 4.69) is 30.5 Å². The highest BCUT2D eigenvalue weighted by molar-refractivity contribution is 7.99. The van der Waals surface area contributed by atoms with Crippen molar-refractivity contribution in [1.82, 2.24) is 29.7 Å². The van der Waals surface area contributed by atoms with Gasteiger partial charge >= 0.3 is 0 Å². The molecular formula is C14H16N8S. The van der Waals surface area contributed by atoms with E-state index in [1.165, 1.54) is 11.8 Å². The van der Waals surface area contributed by atoms with Gasteiger partial charge in [0, 0.05) is 12.7 Å². The molecular weight excluding hydrogens is 312 g/mol. The van der Waals surface area contributed by atoms with E-state index in [9.17, 15) is 0 Å². The van der Waals surface area contributed by atoms with Gasteiger partial charge in [-0.3, -0.25) is 0 Å². The molecule has 3 rings (SSSR count). The van der Waals surface area contributed by atoms with Crippen LogP contribution in [0.1, 0.15) is 18.0 Å². The predicted molar refractivity (Wildman–Crippen MR) is 89.2 cm³/mol. The summed E-state index contributed by atoms with van der Waals surface area (Å²) in [6.45, 7) is 1.99. The molecule has 3 N–H and O–H groups in total. The summed E-state index contributed by atoms with van der Waals surface area (Å²) in [7, 11) is 1.89. The highest BCUT2D eigenvalue weighted by Gasteiger charge is 2.16. The molecule has 0 bridgehead atoms. The van der Waals surface area contributed by atoms with Crippen molar-refractivity contribution in [2.24, 2.45) is 7.05 Å². The molecule has 2 aromatic heterocycles. The van der Waals surface area contributed by atoms with Crippen molar-refractivity contribution >= 4 is 29.3 Å². The number of thioether (sulfide) groups is 1. The maximum atomic E-state index is 5.81. The molecule has 0 radical (unpaired) electrons. The van der Waals surface area contributed by atoms with Crippen molar-refractivity contribution in [2.75, 3.05) is 11.1 Å². The summed E-state index contributed by atoms with van der Waals surface area (Å²) in [5.41, 5.74) is 6.70. The Balaban J connectivity index is 1.81. The van der Waals surface area contributed by atoms with Gasteiger partial charge in [-0.25, -0.2) is 0 Å². The Morgan fingerprint density at radius 1 is 1.17 bits per heavy atom. The zero-order chi connectivity index (χ0) is 16.2. The highest BCUT2D eigenvalue weighted by Crippen LogP contribution is 2.31. The number of nitrogens with two attached hydrogens (primary N) is 1. The minimum atomic E-state index is -0.0421. The second-order valence-corrected chi connectivity index (χ2v) is 6.16. The Labute approximate surface area is 137 Å². The van der Waals surface area contributed by atoms with Crippen LogP contribution < -0.4 is 11.1 Å². The van der Waals surface area contributed by atoms with Gasteiger partial charge in [-0.2, -0.15) is 15.0 Å². The van der Waals surface area contributed by atoms with E-state index in [1.54, 1.807) is 6.33 Å². The lowest BCUT2D eigenvalue weighted by molar-refractivity contribution is 0.781. The summed E-state index contributed by atoms with van der Waals surface area (Å²) in [6, 6.07) is 9.66. The van der Waals surface area contributed by atoms with Crippen LogP contribution in [0.15, 0.2) is 41.8 Å². The molecule has 0 fully saturated rings. The number of hydrogen-bond acceptors (Lipinski definition) is 8. The van der Waals surface area contributed by atoms with Crippen molar-refractivity contribution in [2.45, 2.75) is 17.3 Å². The van der Waals surface area contributed by atoms with Gasteiger partial charge in [0.1, 0.15) is 12.2 Å². The van der Waals surface area contributed by atoms with Crippen molar-refractivity contribution in [3.05, 3.63) is 42.5 Å². The van der Waals surface area contributed by atoms with E-state index in [0.29, 0.717) is 11.8 Å². The monoisotopic (exact) mass is 328 g/mol. The fourth-order valence-electron chi connectivity index (χ4n) is 1.89. The van der Waals surface area contributed by atoms with E-state index in [1.807, 2.05) is 48.9 Å². The molecule has 2 heterocycles. The Morgan fingerprint density at radius 2 is 1.96 bits per heavy atom. The van der Waals surface area contributed by atoms with E-state index >= 15 is 0 Å². The summed E-state index contributed by atoms with van der Waals surface area (Å²) >= 11 is 1.51. The van der Waals surface area contributed by atoms with E-state index in [0.717, 1.165) is 10.8 Å². The molecule has 23 heavy (non-hydrogen) atoms. The number of nitrogens with zero attached hydrogens (tertiary/aromatic N) is 6. The van der Waals surface area contributed by atoms with Crippen molar-refractivity contribution < 1.29 is 0 Å². The number of aromatic nitrogens is 6. The van der Waals surface area contributed by atoms with Gasteiger partial charge in [0.05, 0.1) is 5.25 Å². The van der Waals surface area contributed by atoms with Gasteiger partial charge in [0.15, 0.2) is 5.16 Å². The van der Waals surface area contributed by atoms with Gasteiger partial charge in [-0.1, -0.05) is 30.0 Å². The molecule has 1 atom stereocenters. The standard InChI is InChI=1S/C14H16N8S/c1-9(23-14-21-16-8-22(14)2)11-18-12(15)20-13(19-11)17-10-6-4-3-5-7-10/h3-9H,1-2H3,(H3,15,17,18,19,20)/t9-/m1/s1. The number of hydrogen-bond donors (Lipinski definition) is 2. The smallest absolute Gasteiger partial charge is 0.232 e. The molecule has 8 nitrogen and oxygen atoms in total. The van der Waals surface area contributed by atoms with Crippen LogP contribution in [0.3, 0.4) is 0 Å². The van der Waals surface area contributed by atoms with Crippen LogP contribution in [0.2, 0.25) is 0 Å². The Kier molecular flexibility index (Phi) is 4.38. The molecule has 0 aliphatic carbocycles. The zero-order valence-corrected chi connectivity index (χ0v) is 13.5. The fraction of sp³-hybridized carbons (Fsp3) is 0.214. The first-order chi connectivity index (χ1) is 11.1. The lowest BCUT2D eigenvalue weighted by Crippen LogP contribution is -2.08. The number of para-hydroxylation sites is 1. The number of nitrogen functional groups attached to an aromatic ring is 1. The summed E-state index contributed by atoms with van der Waals surface area (Å²) in [5.74, 6) is 1.19. The summed E-state index contributed by atoms with van der Waals surface area (Å²) in [5, 5.41) is 11.8. The number of benzene rings is 1. The van der Waals surface area contributed by atoms with Crippen LogP contribution in [-0.4, -0.2) is 29.7 Å². The molecule has 1 aromatic carbocycles. The maximum Gasteiger partial charge on any atom is 0.232 e. The third-order valence-electron chi connectivity index (χ3n) is 3.02. The third kappa shape index (κ3) is 3.75. The number of aryl methyl sites for hydroxylation is 1. The number of anilines is 3. The minimum Gasteiger partial charge on any atom is -0.368 e. The highest BCUT2D eigenvalue weighted by atomic mass is 32.2. The first-order valence-corrected chi connectivity index (χ1v) is 7.84. The molecule has 3 aromatic rings. The SMILES string of the molecule is C[C@@H](Sc1nncn1C)c1nc(N)nc(Nc2ccccc2)n1. The molecule has 0 aliphatic rings. The first kappa shape index (κ1) is 15.2. The van der Waals surface area contributed by atoms with Gasteiger partial charge in [-0.05, 0) is 19.1 Å². The topological polar surface area (TPSA) is 107 Å². The summed E-state index contributed by atoms with van der Waals surface area (Å²) in [6.07, 6.45) is 1.65. The predicted octanol–water partition coefficient (Wildman–Crippen LogP) is 2.18. The molecule has 118 valence electrons. The second-order valence-electron chi connectivity index (χ2n) is 4.85. The van der Waals surface area contributed by atoms with Crippen LogP contribution in [0.4, 0.5) is 17.6 Å². The van der Waals surface area contributed by atoms with E-state index in [4.69, 9.17) is 5.73 Å². The zero-order valence-electron chi connectivity index (χ0n) is 12.7. The molecule has 0 aliphatic heterocycles. The molecule has 0 unspecified atom stereocenters. The van der Waals surface area contributed by atoms with Gasteiger partial charge in [0.25, 0.3) is 0 Å². The Hall–Kier alpha value is -2.68. The molecule has 9 heteroatoms. The number of nitrogens with one attached hydrogen (secondary N) is 1. The lowest BCUT2D eigenvalue weighted by atomic mass is 10.3. The summed E-state index contributed by atoms with van der Waals surface area (Å²) < 4.78 is 1.84. The fourth-order valence-corrected chi connectivity index (χ4v) is 2.72. The Bertz CT molecular complexity index is 788. The van der Waals surface area contributed by atoms with E-state index in [-0.39, 0.29) is 11.2 Å². The van der Waals surface area contributed by atoms with Crippen LogP contribution >= 0.6 is 11.8 Å². The van der Waals surface area contributed by atoms with Crippen LogP contribution in [-0.2, 0) is 7.05 Å². The molecule has 0 saturated carbocycles. The average Bonchev–Trinajstić information content (AvgIpc) is 2.93. The van der Waals surface area contributed by atoms with Crippen molar-refractivity contribution in [3.63, 3.8) is 0 Å². The van der Waals surface area contributed by atoms with Gasteiger partial charge in [-0.15, -0.1) is 10.2 Å². The Morgan fingerprint density at radius 3 is 2.65 bits per heavy atom. The minimum absolute atomic E-state index is 0.0421. The lowest BCUT2D eigenvalue weighted by Gasteiger charge is -2.11. The van der Waals surface area contributed by atoms with Crippen LogP contribution in [0.25, 0.3) is 0 Å². The molecule has 0 amide bonds. The second kappa shape index (κ2) is 6.61. The number of rotatable bonds is 5.